The molecule has 150 valence electrons. The number of aryl methyl sites for hydroxylation is 3. The van der Waals surface area contributed by atoms with Gasteiger partial charge in [0.15, 0.2) is 0 Å². The van der Waals surface area contributed by atoms with Gasteiger partial charge in [-0.3, -0.25) is 9.52 Å². The summed E-state index contributed by atoms with van der Waals surface area (Å²) in [6.07, 6.45) is 0. The number of hydrogen-bond acceptors (Lipinski definition) is 3. The minimum atomic E-state index is -3.98. The van der Waals surface area contributed by atoms with E-state index in [0.29, 0.717) is 11.4 Å². The van der Waals surface area contributed by atoms with Crippen LogP contribution in [0.3, 0.4) is 0 Å². The molecule has 29 heavy (non-hydrogen) atoms. The van der Waals surface area contributed by atoms with Gasteiger partial charge in [0.1, 0.15) is 4.90 Å². The maximum atomic E-state index is 12.9. The predicted octanol–water partition coefficient (Wildman–Crippen LogP) is 5.32. The first-order valence-corrected chi connectivity index (χ1v) is 10.8. The lowest BCUT2D eigenvalue weighted by molar-refractivity contribution is 0.102. The molecule has 3 aromatic rings. The van der Waals surface area contributed by atoms with Crippen molar-refractivity contribution in [2.75, 3.05) is 10.0 Å². The first-order valence-electron chi connectivity index (χ1n) is 8.93. The van der Waals surface area contributed by atoms with E-state index in [1.165, 1.54) is 18.2 Å². The summed E-state index contributed by atoms with van der Waals surface area (Å²) in [6, 6.07) is 17.0. The molecule has 2 N–H and O–H groups in total. The third-order valence-electron chi connectivity index (χ3n) is 4.43. The first kappa shape index (κ1) is 20.9. The largest absolute Gasteiger partial charge is 0.322 e. The minimum Gasteiger partial charge on any atom is -0.322 e. The summed E-state index contributed by atoms with van der Waals surface area (Å²) in [7, 11) is -3.98. The maximum absolute atomic E-state index is 12.9. The highest BCUT2D eigenvalue weighted by Gasteiger charge is 2.21. The molecular formula is C22H21ClN2O3S. The van der Waals surface area contributed by atoms with E-state index < -0.39 is 15.9 Å². The van der Waals surface area contributed by atoms with Crippen molar-refractivity contribution >= 4 is 38.9 Å². The molecule has 0 aliphatic rings. The number of amides is 1. The topological polar surface area (TPSA) is 75.3 Å². The monoisotopic (exact) mass is 428 g/mol. The molecule has 0 aliphatic heterocycles. The molecule has 0 atom stereocenters. The first-order chi connectivity index (χ1) is 13.7. The van der Waals surface area contributed by atoms with E-state index in [1.807, 2.05) is 45.0 Å². The third-order valence-corrected chi connectivity index (χ3v) is 6.28. The van der Waals surface area contributed by atoms with Crippen molar-refractivity contribution in [1.82, 2.24) is 0 Å². The SMILES string of the molecule is Cc1ccc(NC(=O)c2ccc(Cl)c(S(=O)(=O)Nc3cc(C)ccc3C)c2)cc1. The quantitative estimate of drug-likeness (QED) is 0.577. The van der Waals surface area contributed by atoms with Gasteiger partial charge in [-0.25, -0.2) is 8.42 Å². The average molecular weight is 429 g/mol. The van der Waals surface area contributed by atoms with E-state index in [-0.39, 0.29) is 15.5 Å². The van der Waals surface area contributed by atoms with E-state index in [2.05, 4.69) is 10.0 Å². The second kappa shape index (κ2) is 8.27. The Morgan fingerprint density at radius 2 is 1.52 bits per heavy atom. The fourth-order valence-corrected chi connectivity index (χ4v) is 4.38. The number of carbonyl (C=O) groups is 1. The Hall–Kier alpha value is -2.83. The Kier molecular flexibility index (Phi) is 5.96. The highest BCUT2D eigenvalue weighted by atomic mass is 35.5. The number of halogens is 1. The number of rotatable bonds is 5. The summed E-state index contributed by atoms with van der Waals surface area (Å²) in [5, 5.41) is 2.79. The molecule has 0 fully saturated rings. The number of carbonyl (C=O) groups excluding carboxylic acids is 1. The normalized spacial score (nSPS) is 11.2. The molecule has 0 aromatic heterocycles. The zero-order valence-electron chi connectivity index (χ0n) is 16.3. The molecule has 0 bridgehead atoms. The molecule has 3 aromatic carbocycles. The number of sulfonamides is 1. The van der Waals surface area contributed by atoms with Crippen molar-refractivity contribution in [2.24, 2.45) is 0 Å². The number of anilines is 2. The molecule has 0 unspecified atom stereocenters. The van der Waals surface area contributed by atoms with Crippen LogP contribution in [0, 0.1) is 20.8 Å². The molecule has 0 radical (unpaired) electrons. The molecular weight excluding hydrogens is 408 g/mol. The standard InChI is InChI=1S/C22H21ClN2O3S/c1-14-5-9-18(10-6-14)24-22(26)17-8-11-19(23)21(13-17)29(27,28)25-20-12-15(2)4-7-16(20)3/h4-13,25H,1-3H3,(H,24,26). The van der Waals surface area contributed by atoms with Crippen molar-refractivity contribution in [3.63, 3.8) is 0 Å². The van der Waals surface area contributed by atoms with E-state index in [9.17, 15) is 13.2 Å². The van der Waals surface area contributed by atoms with Crippen LogP contribution >= 0.6 is 11.6 Å². The Morgan fingerprint density at radius 1 is 0.862 bits per heavy atom. The van der Waals surface area contributed by atoms with Gasteiger partial charge in [0.05, 0.1) is 10.7 Å². The van der Waals surface area contributed by atoms with E-state index >= 15 is 0 Å². The Morgan fingerprint density at radius 3 is 2.21 bits per heavy atom. The van der Waals surface area contributed by atoms with Gasteiger partial charge in [0.25, 0.3) is 15.9 Å². The second-order valence-corrected chi connectivity index (χ2v) is 8.95. The highest BCUT2D eigenvalue weighted by Crippen LogP contribution is 2.27. The number of nitrogens with one attached hydrogen (secondary N) is 2. The van der Waals surface area contributed by atoms with Crippen molar-refractivity contribution in [3.8, 4) is 0 Å². The van der Waals surface area contributed by atoms with Gasteiger partial charge in [0.2, 0.25) is 0 Å². The number of benzene rings is 3. The molecule has 7 heteroatoms. The molecule has 5 nitrogen and oxygen atoms in total. The van der Waals surface area contributed by atoms with Crippen molar-refractivity contribution in [2.45, 2.75) is 25.7 Å². The van der Waals surface area contributed by atoms with Crippen molar-refractivity contribution in [1.29, 1.82) is 0 Å². The van der Waals surface area contributed by atoms with Crippen molar-refractivity contribution < 1.29 is 13.2 Å². The van der Waals surface area contributed by atoms with Gasteiger partial charge in [-0.1, -0.05) is 41.4 Å². The summed E-state index contributed by atoms with van der Waals surface area (Å²) >= 11 is 6.15. The molecule has 1 amide bonds. The van der Waals surface area contributed by atoms with Crippen molar-refractivity contribution in [3.05, 3.63) is 87.9 Å². The van der Waals surface area contributed by atoms with Crippen LogP contribution in [0.1, 0.15) is 27.0 Å². The summed E-state index contributed by atoms with van der Waals surface area (Å²) in [5.41, 5.74) is 4.05. The van der Waals surface area contributed by atoms with E-state index in [1.54, 1.807) is 18.2 Å². The van der Waals surface area contributed by atoms with Crippen LogP contribution in [0.25, 0.3) is 0 Å². The highest BCUT2D eigenvalue weighted by molar-refractivity contribution is 7.92. The van der Waals surface area contributed by atoms with E-state index in [4.69, 9.17) is 11.6 Å². The van der Waals surface area contributed by atoms with Crippen LogP contribution in [-0.4, -0.2) is 14.3 Å². The summed E-state index contributed by atoms with van der Waals surface area (Å²) in [5.74, 6) is -0.422. The number of hydrogen-bond donors (Lipinski definition) is 2. The lowest BCUT2D eigenvalue weighted by Gasteiger charge is -2.13. The van der Waals surface area contributed by atoms with Gasteiger partial charge in [-0.05, 0) is 68.3 Å². The average Bonchev–Trinajstić information content (AvgIpc) is 2.66. The smallest absolute Gasteiger partial charge is 0.263 e. The molecule has 0 saturated carbocycles. The molecule has 0 aliphatic carbocycles. The molecule has 3 rings (SSSR count). The summed E-state index contributed by atoms with van der Waals surface area (Å²) in [6.45, 7) is 5.63. The van der Waals surface area contributed by atoms with Crippen LogP contribution in [0.15, 0.2) is 65.6 Å². The summed E-state index contributed by atoms with van der Waals surface area (Å²) in [4.78, 5) is 12.4. The lowest BCUT2D eigenvalue weighted by atomic mass is 10.1. The zero-order valence-corrected chi connectivity index (χ0v) is 17.9. The van der Waals surface area contributed by atoms with Gasteiger partial charge in [-0.2, -0.15) is 0 Å². The Balaban J connectivity index is 1.90. The molecule has 0 heterocycles. The van der Waals surface area contributed by atoms with Crippen LogP contribution in [-0.2, 0) is 10.0 Å². The van der Waals surface area contributed by atoms with Crippen LogP contribution < -0.4 is 10.0 Å². The van der Waals surface area contributed by atoms with E-state index in [0.717, 1.165) is 16.7 Å². The Labute approximate surface area is 175 Å². The van der Waals surface area contributed by atoms with Gasteiger partial charge < -0.3 is 5.32 Å². The third kappa shape index (κ3) is 4.96. The summed E-state index contributed by atoms with van der Waals surface area (Å²) < 4.78 is 28.4. The van der Waals surface area contributed by atoms with Gasteiger partial charge in [-0.15, -0.1) is 0 Å². The maximum Gasteiger partial charge on any atom is 0.263 e. The zero-order chi connectivity index (χ0) is 21.2. The van der Waals surface area contributed by atoms with Crippen LogP contribution in [0.2, 0.25) is 5.02 Å². The van der Waals surface area contributed by atoms with Crippen LogP contribution in [0.5, 0.6) is 0 Å². The molecule has 0 saturated heterocycles. The lowest BCUT2D eigenvalue weighted by Crippen LogP contribution is -2.17. The second-order valence-electron chi connectivity index (χ2n) is 6.89. The Bertz CT molecular complexity index is 1170. The molecule has 0 spiro atoms. The fraction of sp³-hybridized carbons (Fsp3) is 0.136. The minimum absolute atomic E-state index is 0.0368. The van der Waals surface area contributed by atoms with Crippen LogP contribution in [0.4, 0.5) is 11.4 Å². The van der Waals surface area contributed by atoms with Gasteiger partial charge in [0, 0.05) is 11.3 Å². The predicted molar refractivity (Wildman–Crippen MR) is 117 cm³/mol. The van der Waals surface area contributed by atoms with Gasteiger partial charge >= 0.3 is 0 Å². The fourth-order valence-electron chi connectivity index (χ4n) is 2.74.